The number of nitrogens with zero attached hydrogens (tertiary/aromatic N) is 2. The fourth-order valence-corrected chi connectivity index (χ4v) is 4.06. The molecule has 0 spiro atoms. The van der Waals surface area contributed by atoms with Crippen LogP contribution >= 0.6 is 0 Å². The Morgan fingerprint density at radius 1 is 0.875 bits per heavy atom. The lowest BCUT2D eigenvalue weighted by Gasteiger charge is -2.58. The van der Waals surface area contributed by atoms with Gasteiger partial charge >= 0.3 is 0 Å². The Morgan fingerprint density at radius 2 is 1.56 bits per heavy atom. The summed E-state index contributed by atoms with van der Waals surface area (Å²) in [5, 5.41) is 5.18. The molecule has 3 saturated heterocycles. The quantitative estimate of drug-likeness (QED) is 0.709. The summed E-state index contributed by atoms with van der Waals surface area (Å²) in [6, 6.07) is 11.7. The molecule has 1 saturated carbocycles. The zero-order chi connectivity index (χ0) is 10.5. The zero-order valence-corrected chi connectivity index (χ0v) is 9.55. The van der Waals surface area contributed by atoms with E-state index in [4.69, 9.17) is 0 Å². The van der Waals surface area contributed by atoms with E-state index >= 15 is 0 Å². The topological polar surface area (TPSA) is 6.48 Å². The van der Waals surface area contributed by atoms with Gasteiger partial charge in [0, 0.05) is 19.1 Å². The second-order valence-corrected chi connectivity index (χ2v) is 5.64. The molecule has 1 aromatic carbocycles. The molecule has 2 atom stereocenters. The molecule has 0 amide bonds. The lowest BCUT2D eigenvalue weighted by molar-refractivity contribution is -0.00614. The van der Waals surface area contributed by atoms with Crippen molar-refractivity contribution >= 4 is 5.69 Å². The number of anilines is 1. The van der Waals surface area contributed by atoms with E-state index in [1.54, 1.807) is 0 Å². The highest BCUT2D eigenvalue weighted by atomic mass is 15.7. The van der Waals surface area contributed by atoms with Gasteiger partial charge in [-0.3, -0.25) is 0 Å². The molecule has 1 aromatic rings. The molecular weight excluding hydrogens is 196 g/mol. The Labute approximate surface area is 96.8 Å². The number of rotatable bonds is 1. The fourth-order valence-electron chi connectivity index (χ4n) is 4.06. The number of para-hydroxylation sites is 1. The average molecular weight is 214 g/mol. The summed E-state index contributed by atoms with van der Waals surface area (Å²) in [5.74, 6) is 1.97. The van der Waals surface area contributed by atoms with Crippen LogP contribution < -0.4 is 5.01 Å². The Morgan fingerprint density at radius 3 is 2.19 bits per heavy atom. The molecular formula is C14H18N2. The molecule has 0 aromatic heterocycles. The molecule has 84 valence electrons. The van der Waals surface area contributed by atoms with Crippen molar-refractivity contribution in [3.8, 4) is 0 Å². The van der Waals surface area contributed by atoms with Gasteiger partial charge in [0.05, 0.1) is 5.69 Å². The van der Waals surface area contributed by atoms with Crippen LogP contribution in [0.4, 0.5) is 5.69 Å². The first kappa shape index (κ1) is 9.06. The largest absolute Gasteiger partial charge is 0.303 e. The molecule has 1 aliphatic carbocycles. The van der Waals surface area contributed by atoms with Crippen molar-refractivity contribution in [2.75, 3.05) is 18.1 Å². The van der Waals surface area contributed by atoms with Crippen LogP contribution in [0.25, 0.3) is 0 Å². The summed E-state index contributed by atoms with van der Waals surface area (Å²) in [6.07, 6.45) is 4.33. The van der Waals surface area contributed by atoms with Crippen molar-refractivity contribution < 1.29 is 0 Å². The van der Waals surface area contributed by atoms with Crippen molar-refractivity contribution in [1.82, 2.24) is 5.01 Å². The molecule has 3 heterocycles. The smallest absolute Gasteiger partial charge is 0.0525 e. The third kappa shape index (κ3) is 1.23. The van der Waals surface area contributed by atoms with Crippen LogP contribution in [0.3, 0.4) is 0 Å². The molecule has 0 N–H and O–H groups in total. The molecule has 2 unspecified atom stereocenters. The molecule has 2 heteroatoms. The van der Waals surface area contributed by atoms with Crippen LogP contribution in [0.2, 0.25) is 0 Å². The van der Waals surface area contributed by atoms with E-state index in [0.29, 0.717) is 0 Å². The van der Waals surface area contributed by atoms with Crippen molar-refractivity contribution in [2.45, 2.75) is 25.3 Å². The van der Waals surface area contributed by atoms with Crippen LogP contribution in [-0.4, -0.2) is 24.1 Å². The van der Waals surface area contributed by atoms with E-state index in [1.165, 1.54) is 38.0 Å². The number of piperidine rings is 1. The van der Waals surface area contributed by atoms with E-state index in [-0.39, 0.29) is 0 Å². The summed E-state index contributed by atoms with van der Waals surface area (Å²) in [7, 11) is 0. The van der Waals surface area contributed by atoms with Gasteiger partial charge in [-0.15, -0.1) is 0 Å². The summed E-state index contributed by atoms with van der Waals surface area (Å²) >= 11 is 0. The van der Waals surface area contributed by atoms with Crippen molar-refractivity contribution in [1.29, 1.82) is 0 Å². The summed E-state index contributed by atoms with van der Waals surface area (Å²) in [4.78, 5) is 0. The Hall–Kier alpha value is -1.02. The second-order valence-electron chi connectivity index (χ2n) is 5.64. The monoisotopic (exact) mass is 214 g/mol. The first-order chi connectivity index (χ1) is 7.90. The van der Waals surface area contributed by atoms with Crippen LogP contribution in [0.15, 0.2) is 30.3 Å². The third-order valence-electron chi connectivity index (χ3n) is 4.49. The van der Waals surface area contributed by atoms with E-state index in [0.717, 1.165) is 17.9 Å². The van der Waals surface area contributed by atoms with E-state index in [1.807, 2.05) is 0 Å². The predicted molar refractivity (Wildman–Crippen MR) is 65.1 cm³/mol. The standard InChI is InChI=1S/C14H18N2/c1-2-4-13(5-3-1)16-14-7-11-6-12(8-14)10-15(16)9-11/h1-5,11-12,14H,6-10H2. The van der Waals surface area contributed by atoms with Gasteiger partial charge < -0.3 is 5.01 Å². The summed E-state index contributed by atoms with van der Waals surface area (Å²) in [6.45, 7) is 2.59. The molecule has 4 fully saturated rings. The Balaban J connectivity index is 1.70. The molecule has 2 nitrogen and oxygen atoms in total. The average Bonchev–Trinajstić information content (AvgIpc) is 2.29. The minimum atomic E-state index is 0.786. The van der Waals surface area contributed by atoms with E-state index < -0.39 is 0 Å². The van der Waals surface area contributed by atoms with Crippen LogP contribution in [-0.2, 0) is 0 Å². The number of hydrogen-bond acceptors (Lipinski definition) is 2. The number of benzene rings is 1. The van der Waals surface area contributed by atoms with Crippen molar-refractivity contribution in [2.24, 2.45) is 11.8 Å². The first-order valence-corrected chi connectivity index (χ1v) is 6.49. The van der Waals surface area contributed by atoms with E-state index in [9.17, 15) is 0 Å². The molecule has 4 bridgehead atoms. The van der Waals surface area contributed by atoms with Gasteiger partial charge in [-0.05, 0) is 43.2 Å². The number of hydrazine groups is 1. The van der Waals surface area contributed by atoms with Crippen molar-refractivity contribution in [3.63, 3.8) is 0 Å². The van der Waals surface area contributed by atoms with Gasteiger partial charge in [-0.25, -0.2) is 5.01 Å². The van der Waals surface area contributed by atoms with Gasteiger partial charge in [0.1, 0.15) is 0 Å². The summed E-state index contributed by atoms with van der Waals surface area (Å²) in [5.41, 5.74) is 1.39. The number of hydrogen-bond donors (Lipinski definition) is 0. The van der Waals surface area contributed by atoms with Gasteiger partial charge in [0.2, 0.25) is 0 Å². The van der Waals surface area contributed by atoms with Gasteiger partial charge in [0.25, 0.3) is 0 Å². The molecule has 4 aliphatic rings. The van der Waals surface area contributed by atoms with Crippen LogP contribution in [0.5, 0.6) is 0 Å². The van der Waals surface area contributed by atoms with Crippen molar-refractivity contribution in [3.05, 3.63) is 30.3 Å². The SMILES string of the molecule is c1ccc(N2C3CC4CC(C3)CN2C4)cc1. The summed E-state index contributed by atoms with van der Waals surface area (Å²) < 4.78 is 0. The highest BCUT2D eigenvalue weighted by molar-refractivity contribution is 5.47. The maximum absolute atomic E-state index is 2.60. The lowest BCUT2D eigenvalue weighted by Crippen LogP contribution is -2.65. The van der Waals surface area contributed by atoms with Crippen LogP contribution in [0, 0.1) is 11.8 Å². The zero-order valence-electron chi connectivity index (χ0n) is 9.55. The third-order valence-corrected chi connectivity index (χ3v) is 4.49. The highest BCUT2D eigenvalue weighted by Gasteiger charge is 2.45. The van der Waals surface area contributed by atoms with Gasteiger partial charge in [-0.2, -0.15) is 0 Å². The molecule has 0 radical (unpaired) electrons. The predicted octanol–water partition coefficient (Wildman–Crippen LogP) is 2.52. The van der Waals surface area contributed by atoms with Gasteiger partial charge in [0.15, 0.2) is 0 Å². The maximum Gasteiger partial charge on any atom is 0.0525 e. The van der Waals surface area contributed by atoms with E-state index in [2.05, 4.69) is 40.3 Å². The van der Waals surface area contributed by atoms with Gasteiger partial charge in [-0.1, -0.05) is 18.2 Å². The Bertz CT molecular complexity index is 359. The first-order valence-electron chi connectivity index (χ1n) is 6.49. The lowest BCUT2D eigenvalue weighted by atomic mass is 9.73. The van der Waals surface area contributed by atoms with Crippen LogP contribution in [0.1, 0.15) is 19.3 Å². The molecule has 16 heavy (non-hydrogen) atoms. The Kier molecular flexibility index (Phi) is 1.83. The normalized spacial score (nSPS) is 40.4. The maximum atomic E-state index is 2.60. The minimum Gasteiger partial charge on any atom is -0.303 e. The molecule has 5 rings (SSSR count). The second kappa shape index (κ2) is 3.24. The molecule has 3 aliphatic heterocycles. The fraction of sp³-hybridized carbons (Fsp3) is 0.571. The highest BCUT2D eigenvalue weighted by Crippen LogP contribution is 2.44. The minimum absolute atomic E-state index is 0.786.